The number of aliphatic hydroxyl groups excluding tert-OH is 1. The molecule has 0 radical (unpaired) electrons. The third kappa shape index (κ3) is 5.25. The van der Waals surface area contributed by atoms with Gasteiger partial charge in [-0.25, -0.2) is 4.79 Å². The third-order valence-electron chi connectivity index (χ3n) is 2.29. The molecule has 2 amide bonds. The zero-order chi connectivity index (χ0) is 15.1. The zero-order valence-electron chi connectivity index (χ0n) is 10.3. The van der Waals surface area contributed by atoms with Crippen LogP contribution in [0.1, 0.15) is 10.4 Å². The maximum absolute atomic E-state index is 11.6. The van der Waals surface area contributed by atoms with E-state index < -0.39 is 30.4 Å². The molecule has 1 unspecified atom stereocenters. The molecule has 108 valence electrons. The fourth-order valence-corrected chi connectivity index (χ4v) is 1.35. The lowest BCUT2D eigenvalue weighted by Crippen LogP contribution is -2.41. The van der Waals surface area contributed by atoms with Gasteiger partial charge in [0.1, 0.15) is 0 Å². The minimum Gasteiger partial charge on any atom is -0.479 e. The van der Waals surface area contributed by atoms with E-state index in [1.165, 1.54) is 12.1 Å². The number of amides is 2. The highest BCUT2D eigenvalue weighted by Gasteiger charge is 2.14. The first-order chi connectivity index (χ1) is 9.40. The van der Waals surface area contributed by atoms with Crippen molar-refractivity contribution in [2.24, 2.45) is 0 Å². The van der Waals surface area contributed by atoms with E-state index in [1.807, 2.05) is 0 Å². The molecule has 0 aliphatic heterocycles. The average molecular weight is 301 g/mol. The van der Waals surface area contributed by atoms with Gasteiger partial charge in [0, 0.05) is 10.6 Å². The summed E-state index contributed by atoms with van der Waals surface area (Å²) in [5, 5.41) is 22.4. The Morgan fingerprint density at radius 3 is 2.30 bits per heavy atom. The molecule has 0 fully saturated rings. The van der Waals surface area contributed by atoms with E-state index in [0.29, 0.717) is 10.6 Å². The molecular formula is C12H13ClN2O5. The molecule has 0 bridgehead atoms. The Hall–Kier alpha value is -2.12. The van der Waals surface area contributed by atoms with E-state index in [4.69, 9.17) is 21.8 Å². The molecule has 7 nitrogen and oxygen atoms in total. The Morgan fingerprint density at radius 1 is 1.15 bits per heavy atom. The summed E-state index contributed by atoms with van der Waals surface area (Å²) in [6.07, 6.45) is -1.68. The minimum absolute atomic E-state index is 0.326. The Bertz CT molecular complexity index is 503. The van der Waals surface area contributed by atoms with Crippen LogP contribution in [0, 0.1) is 0 Å². The highest BCUT2D eigenvalue weighted by atomic mass is 35.5. The molecule has 0 heterocycles. The maximum Gasteiger partial charge on any atom is 0.334 e. The quantitative estimate of drug-likeness (QED) is 0.572. The van der Waals surface area contributed by atoms with Gasteiger partial charge in [0.05, 0.1) is 13.1 Å². The highest BCUT2D eigenvalue weighted by Crippen LogP contribution is 2.09. The van der Waals surface area contributed by atoms with Crippen LogP contribution in [-0.4, -0.2) is 47.2 Å². The number of hydrogen-bond donors (Lipinski definition) is 4. The van der Waals surface area contributed by atoms with Gasteiger partial charge in [-0.2, -0.15) is 0 Å². The van der Waals surface area contributed by atoms with Gasteiger partial charge in [-0.05, 0) is 24.3 Å². The summed E-state index contributed by atoms with van der Waals surface area (Å²) in [5.41, 5.74) is 0.341. The lowest BCUT2D eigenvalue weighted by atomic mass is 10.2. The molecule has 20 heavy (non-hydrogen) atoms. The van der Waals surface area contributed by atoms with Crippen molar-refractivity contribution in [3.63, 3.8) is 0 Å². The van der Waals surface area contributed by atoms with Crippen LogP contribution in [0.15, 0.2) is 24.3 Å². The number of carboxylic acid groups (broad SMARTS) is 1. The van der Waals surface area contributed by atoms with Gasteiger partial charge < -0.3 is 20.8 Å². The van der Waals surface area contributed by atoms with Crippen molar-refractivity contribution < 1.29 is 24.6 Å². The van der Waals surface area contributed by atoms with Crippen molar-refractivity contribution in [3.05, 3.63) is 34.9 Å². The number of carboxylic acids is 1. The van der Waals surface area contributed by atoms with Crippen molar-refractivity contribution in [2.45, 2.75) is 6.10 Å². The normalized spacial score (nSPS) is 11.5. The van der Waals surface area contributed by atoms with E-state index in [1.54, 1.807) is 12.1 Å². The van der Waals surface area contributed by atoms with Crippen LogP contribution in [0.3, 0.4) is 0 Å². The maximum atomic E-state index is 11.6. The number of aliphatic carboxylic acids is 1. The molecule has 1 aromatic rings. The Labute approximate surface area is 119 Å². The molecule has 0 saturated heterocycles. The van der Waals surface area contributed by atoms with E-state index in [2.05, 4.69) is 10.6 Å². The molecule has 8 heteroatoms. The number of benzene rings is 1. The van der Waals surface area contributed by atoms with Crippen LogP contribution < -0.4 is 10.6 Å². The van der Waals surface area contributed by atoms with Gasteiger partial charge in [0.25, 0.3) is 5.91 Å². The summed E-state index contributed by atoms with van der Waals surface area (Å²) in [6.45, 7) is -0.751. The van der Waals surface area contributed by atoms with Crippen molar-refractivity contribution in [2.75, 3.05) is 13.1 Å². The summed E-state index contributed by atoms with van der Waals surface area (Å²) in [6, 6.07) is 6.09. The second-order valence-corrected chi connectivity index (χ2v) is 4.28. The fourth-order valence-electron chi connectivity index (χ4n) is 1.22. The lowest BCUT2D eigenvalue weighted by Gasteiger charge is -2.08. The predicted molar refractivity (Wildman–Crippen MR) is 70.4 cm³/mol. The summed E-state index contributed by atoms with van der Waals surface area (Å²) in [4.78, 5) is 33.2. The molecule has 1 aromatic carbocycles. The van der Waals surface area contributed by atoms with Gasteiger partial charge in [-0.3, -0.25) is 9.59 Å². The Kier molecular flexibility index (Phi) is 5.95. The summed E-state index contributed by atoms with van der Waals surface area (Å²) in [7, 11) is 0. The number of rotatable bonds is 6. The van der Waals surface area contributed by atoms with Crippen LogP contribution in [0.25, 0.3) is 0 Å². The molecule has 1 atom stereocenters. The van der Waals surface area contributed by atoms with E-state index >= 15 is 0 Å². The monoisotopic (exact) mass is 300 g/mol. The number of carbonyl (C=O) groups excluding carboxylic acids is 2. The number of hydrogen-bond acceptors (Lipinski definition) is 4. The van der Waals surface area contributed by atoms with Crippen molar-refractivity contribution in [3.8, 4) is 0 Å². The molecule has 1 rings (SSSR count). The van der Waals surface area contributed by atoms with Gasteiger partial charge in [-0.1, -0.05) is 11.6 Å². The third-order valence-corrected chi connectivity index (χ3v) is 2.55. The Balaban J connectivity index is 2.35. The van der Waals surface area contributed by atoms with Crippen molar-refractivity contribution in [1.82, 2.24) is 10.6 Å². The molecule has 0 aliphatic carbocycles. The van der Waals surface area contributed by atoms with Crippen LogP contribution in [0.2, 0.25) is 5.02 Å². The first-order valence-electron chi connectivity index (χ1n) is 5.61. The van der Waals surface area contributed by atoms with Gasteiger partial charge >= 0.3 is 5.97 Å². The highest BCUT2D eigenvalue weighted by molar-refractivity contribution is 6.30. The number of aliphatic hydroxyl groups is 1. The largest absolute Gasteiger partial charge is 0.479 e. The van der Waals surface area contributed by atoms with Crippen LogP contribution >= 0.6 is 11.6 Å². The molecule has 0 saturated carbocycles. The van der Waals surface area contributed by atoms with Crippen molar-refractivity contribution >= 4 is 29.4 Å². The average Bonchev–Trinajstić information content (AvgIpc) is 2.42. The van der Waals surface area contributed by atoms with E-state index in [9.17, 15) is 14.4 Å². The fraction of sp³-hybridized carbons (Fsp3) is 0.250. The summed E-state index contributed by atoms with van der Waals surface area (Å²) < 4.78 is 0. The topological polar surface area (TPSA) is 116 Å². The standard InChI is InChI=1S/C12H13ClN2O5/c13-8-3-1-7(2-4-8)11(18)15-6-10(17)14-5-9(16)12(19)20/h1-4,9,16H,5-6H2,(H,14,17)(H,15,18)(H,19,20). The molecule has 0 spiro atoms. The van der Waals surface area contributed by atoms with Crippen LogP contribution in [0.5, 0.6) is 0 Å². The molecule has 4 N–H and O–H groups in total. The second-order valence-electron chi connectivity index (χ2n) is 3.85. The molecule has 0 aromatic heterocycles. The Morgan fingerprint density at radius 2 is 1.75 bits per heavy atom. The molecular weight excluding hydrogens is 288 g/mol. The van der Waals surface area contributed by atoms with Crippen LogP contribution in [0.4, 0.5) is 0 Å². The first kappa shape index (κ1) is 15.9. The predicted octanol–water partition coefficient (Wildman–Crippen LogP) is -0.369. The minimum atomic E-state index is -1.68. The van der Waals surface area contributed by atoms with Gasteiger partial charge in [0.15, 0.2) is 6.10 Å². The van der Waals surface area contributed by atoms with Crippen molar-refractivity contribution in [1.29, 1.82) is 0 Å². The number of nitrogens with one attached hydrogen (secondary N) is 2. The lowest BCUT2D eigenvalue weighted by molar-refractivity contribution is -0.146. The number of carbonyl (C=O) groups is 3. The first-order valence-corrected chi connectivity index (χ1v) is 5.99. The number of halogens is 1. The second kappa shape index (κ2) is 7.46. The van der Waals surface area contributed by atoms with Gasteiger partial charge in [-0.15, -0.1) is 0 Å². The summed E-state index contributed by atoms with van der Waals surface area (Å²) in [5.74, 6) is -2.50. The van der Waals surface area contributed by atoms with E-state index in [-0.39, 0.29) is 6.54 Å². The van der Waals surface area contributed by atoms with Gasteiger partial charge in [0.2, 0.25) is 5.91 Å². The molecule has 0 aliphatic rings. The van der Waals surface area contributed by atoms with E-state index in [0.717, 1.165) is 0 Å². The van der Waals surface area contributed by atoms with Crippen LogP contribution in [-0.2, 0) is 9.59 Å². The zero-order valence-corrected chi connectivity index (χ0v) is 11.1. The smallest absolute Gasteiger partial charge is 0.334 e. The summed E-state index contributed by atoms with van der Waals surface area (Å²) >= 11 is 5.67. The SMILES string of the molecule is O=C(CNC(=O)c1ccc(Cl)cc1)NCC(O)C(=O)O.